The van der Waals surface area contributed by atoms with Gasteiger partial charge in [-0.2, -0.15) is 0 Å². The smallest absolute Gasteiger partial charge is 0.254 e. The van der Waals surface area contributed by atoms with Crippen molar-refractivity contribution in [2.45, 2.75) is 61.6 Å². The number of carbonyl (C=O) groups excluding carboxylic acids is 1. The van der Waals surface area contributed by atoms with E-state index in [0.717, 1.165) is 38.5 Å². The van der Waals surface area contributed by atoms with E-state index < -0.39 is 10.0 Å². The molecule has 136 valence electrons. The quantitative estimate of drug-likeness (QED) is 0.885. The topological polar surface area (TPSA) is 75.7 Å². The molecule has 0 bridgehead atoms. The standard InChI is InChI=1S/C18H24N2O4S/c21-18(20-11-12-24-17-4-2-1-3-16(17)20)13-5-9-15(10-6-13)25(22,23)19-14-7-8-14/h5-6,9-10,14,16-17,19H,1-4,7-8,11-12H2/t16-,17+/m1/s1. The van der Waals surface area contributed by atoms with Crippen molar-refractivity contribution in [3.63, 3.8) is 0 Å². The van der Waals surface area contributed by atoms with E-state index in [1.165, 1.54) is 12.1 Å². The molecule has 3 fully saturated rings. The molecule has 25 heavy (non-hydrogen) atoms. The van der Waals surface area contributed by atoms with Crippen LogP contribution in [0.1, 0.15) is 48.9 Å². The maximum atomic E-state index is 12.9. The summed E-state index contributed by atoms with van der Waals surface area (Å²) in [5, 5.41) is 0. The van der Waals surface area contributed by atoms with Crippen molar-refractivity contribution in [2.24, 2.45) is 0 Å². The molecule has 0 aromatic heterocycles. The summed E-state index contributed by atoms with van der Waals surface area (Å²) in [6, 6.07) is 6.51. The minimum Gasteiger partial charge on any atom is -0.374 e. The first kappa shape index (κ1) is 17.0. The minimum absolute atomic E-state index is 0.0284. The summed E-state index contributed by atoms with van der Waals surface area (Å²) in [4.78, 5) is 15.0. The van der Waals surface area contributed by atoms with Gasteiger partial charge in [-0.1, -0.05) is 12.8 Å². The van der Waals surface area contributed by atoms with Gasteiger partial charge in [-0.15, -0.1) is 0 Å². The maximum absolute atomic E-state index is 12.9. The molecule has 2 aliphatic carbocycles. The Morgan fingerprint density at radius 3 is 2.52 bits per heavy atom. The molecular formula is C18H24N2O4S. The summed E-state index contributed by atoms with van der Waals surface area (Å²) < 4.78 is 32.9. The molecule has 6 nitrogen and oxygen atoms in total. The molecule has 0 spiro atoms. The highest BCUT2D eigenvalue weighted by molar-refractivity contribution is 7.89. The van der Waals surface area contributed by atoms with E-state index in [-0.39, 0.29) is 29.0 Å². The number of benzene rings is 1. The fraction of sp³-hybridized carbons (Fsp3) is 0.611. The summed E-state index contributed by atoms with van der Waals surface area (Å²) in [5.74, 6) is -0.0284. The van der Waals surface area contributed by atoms with E-state index in [1.54, 1.807) is 12.1 Å². The Labute approximate surface area is 148 Å². The lowest BCUT2D eigenvalue weighted by Crippen LogP contribution is -2.54. The van der Waals surface area contributed by atoms with E-state index in [1.807, 2.05) is 4.90 Å². The zero-order chi connectivity index (χ0) is 17.4. The van der Waals surface area contributed by atoms with E-state index >= 15 is 0 Å². The second kappa shape index (κ2) is 6.70. The molecule has 7 heteroatoms. The first-order valence-corrected chi connectivity index (χ1v) is 10.6. The molecule has 0 radical (unpaired) electrons. The largest absolute Gasteiger partial charge is 0.374 e. The summed E-state index contributed by atoms with van der Waals surface area (Å²) in [6.45, 7) is 1.17. The number of nitrogens with zero attached hydrogens (tertiary/aromatic N) is 1. The molecular weight excluding hydrogens is 340 g/mol. The van der Waals surface area contributed by atoms with Crippen LogP contribution in [-0.2, 0) is 14.8 Å². The molecule has 1 aromatic rings. The van der Waals surface area contributed by atoms with E-state index in [0.29, 0.717) is 18.7 Å². The van der Waals surface area contributed by atoms with Gasteiger partial charge in [-0.05, 0) is 49.9 Å². The van der Waals surface area contributed by atoms with Crippen LogP contribution in [0.25, 0.3) is 0 Å². The predicted molar refractivity (Wildman–Crippen MR) is 92.8 cm³/mol. The maximum Gasteiger partial charge on any atom is 0.254 e. The van der Waals surface area contributed by atoms with Crippen molar-refractivity contribution in [3.8, 4) is 0 Å². The van der Waals surface area contributed by atoms with Gasteiger partial charge in [0.2, 0.25) is 10.0 Å². The Morgan fingerprint density at radius 2 is 1.80 bits per heavy atom. The SMILES string of the molecule is O=C(c1ccc(S(=O)(=O)NC2CC2)cc1)N1CCO[C@H]2CCCC[C@H]21. The number of sulfonamides is 1. The van der Waals surface area contributed by atoms with Crippen molar-refractivity contribution in [1.82, 2.24) is 9.62 Å². The molecule has 1 amide bonds. The van der Waals surface area contributed by atoms with Crippen LogP contribution in [0.4, 0.5) is 0 Å². The first-order valence-electron chi connectivity index (χ1n) is 9.09. The normalized spacial score (nSPS) is 27.0. The van der Waals surface area contributed by atoms with Gasteiger partial charge in [0.05, 0.1) is 23.6 Å². The van der Waals surface area contributed by atoms with Gasteiger partial charge in [-0.25, -0.2) is 13.1 Å². The number of morpholine rings is 1. The molecule has 1 heterocycles. The highest BCUT2D eigenvalue weighted by Gasteiger charge is 2.37. The van der Waals surface area contributed by atoms with Crippen LogP contribution in [0.2, 0.25) is 0 Å². The second-order valence-electron chi connectivity index (χ2n) is 7.18. The molecule has 0 unspecified atom stereocenters. The Morgan fingerprint density at radius 1 is 1.08 bits per heavy atom. The molecule has 2 saturated carbocycles. The average Bonchev–Trinajstić information content (AvgIpc) is 3.44. The molecule has 3 aliphatic rings. The van der Waals surface area contributed by atoms with E-state index in [4.69, 9.17) is 4.74 Å². The van der Waals surface area contributed by atoms with Gasteiger partial charge in [0.1, 0.15) is 0 Å². The second-order valence-corrected chi connectivity index (χ2v) is 8.89. The lowest BCUT2D eigenvalue weighted by Gasteiger charge is -2.43. The minimum atomic E-state index is -3.48. The highest BCUT2D eigenvalue weighted by Crippen LogP contribution is 2.29. The number of hydrogen-bond donors (Lipinski definition) is 1. The van der Waals surface area contributed by atoms with Crippen LogP contribution in [0.15, 0.2) is 29.2 Å². The zero-order valence-electron chi connectivity index (χ0n) is 14.2. The highest BCUT2D eigenvalue weighted by atomic mass is 32.2. The molecule has 4 rings (SSSR count). The molecule has 1 saturated heterocycles. The van der Waals surface area contributed by atoms with Gasteiger partial charge < -0.3 is 9.64 Å². The summed E-state index contributed by atoms with van der Waals surface area (Å²) >= 11 is 0. The Bertz CT molecular complexity index is 741. The van der Waals surface area contributed by atoms with Crippen LogP contribution in [0, 0.1) is 0 Å². The number of amides is 1. The fourth-order valence-electron chi connectivity index (χ4n) is 3.78. The Hall–Kier alpha value is -1.44. The van der Waals surface area contributed by atoms with Crippen LogP contribution in [0.3, 0.4) is 0 Å². The third-order valence-electron chi connectivity index (χ3n) is 5.30. The predicted octanol–water partition coefficient (Wildman–Crippen LogP) is 1.91. The third kappa shape index (κ3) is 3.59. The van der Waals surface area contributed by atoms with Crippen molar-refractivity contribution in [2.75, 3.05) is 13.2 Å². The number of carbonyl (C=O) groups is 1. The zero-order valence-corrected chi connectivity index (χ0v) is 15.0. The lowest BCUT2D eigenvalue weighted by molar-refractivity contribution is -0.0752. The van der Waals surface area contributed by atoms with Crippen molar-refractivity contribution >= 4 is 15.9 Å². The molecule has 1 N–H and O–H groups in total. The fourth-order valence-corrected chi connectivity index (χ4v) is 5.08. The van der Waals surface area contributed by atoms with E-state index in [9.17, 15) is 13.2 Å². The van der Waals surface area contributed by atoms with Gasteiger partial charge in [0.15, 0.2) is 0 Å². The van der Waals surface area contributed by atoms with Gasteiger partial charge in [0, 0.05) is 18.2 Å². The van der Waals surface area contributed by atoms with Crippen LogP contribution in [-0.4, -0.2) is 50.6 Å². The summed E-state index contributed by atoms with van der Waals surface area (Å²) in [6.07, 6.45) is 6.22. The van der Waals surface area contributed by atoms with Gasteiger partial charge >= 0.3 is 0 Å². The summed E-state index contributed by atoms with van der Waals surface area (Å²) in [5.41, 5.74) is 0.539. The number of nitrogens with one attached hydrogen (secondary N) is 1. The van der Waals surface area contributed by atoms with Crippen molar-refractivity contribution < 1.29 is 17.9 Å². The van der Waals surface area contributed by atoms with Gasteiger partial charge in [-0.3, -0.25) is 4.79 Å². The average molecular weight is 364 g/mol. The van der Waals surface area contributed by atoms with Crippen LogP contribution < -0.4 is 4.72 Å². The Balaban J connectivity index is 1.50. The van der Waals surface area contributed by atoms with Crippen molar-refractivity contribution in [1.29, 1.82) is 0 Å². The van der Waals surface area contributed by atoms with Gasteiger partial charge in [0.25, 0.3) is 5.91 Å². The third-order valence-corrected chi connectivity index (χ3v) is 6.84. The number of ether oxygens (including phenoxy) is 1. The Kier molecular flexibility index (Phi) is 4.56. The molecule has 1 aliphatic heterocycles. The number of rotatable bonds is 4. The van der Waals surface area contributed by atoms with Crippen molar-refractivity contribution in [3.05, 3.63) is 29.8 Å². The van der Waals surface area contributed by atoms with Crippen LogP contribution in [0.5, 0.6) is 0 Å². The lowest BCUT2D eigenvalue weighted by atomic mass is 9.89. The van der Waals surface area contributed by atoms with E-state index in [2.05, 4.69) is 4.72 Å². The monoisotopic (exact) mass is 364 g/mol. The molecule has 1 aromatic carbocycles. The molecule has 2 atom stereocenters. The summed E-state index contributed by atoms with van der Waals surface area (Å²) in [7, 11) is -3.48. The number of hydrogen-bond acceptors (Lipinski definition) is 4. The van der Waals surface area contributed by atoms with Crippen LogP contribution >= 0.6 is 0 Å². The number of fused-ring (bicyclic) bond motifs is 1. The first-order chi connectivity index (χ1) is 12.0.